The molecule has 14 heavy (non-hydrogen) atoms. The Morgan fingerprint density at radius 2 is 2.14 bits per heavy atom. The lowest BCUT2D eigenvalue weighted by molar-refractivity contribution is -0.145. The number of halogens is 3. The van der Waals surface area contributed by atoms with Crippen molar-refractivity contribution < 1.29 is 13.2 Å². The van der Waals surface area contributed by atoms with Crippen LogP contribution in [0.25, 0.3) is 0 Å². The van der Waals surface area contributed by atoms with Crippen molar-refractivity contribution in [3.63, 3.8) is 0 Å². The van der Waals surface area contributed by atoms with Crippen molar-refractivity contribution in [2.75, 3.05) is 0 Å². The maximum Gasteiger partial charge on any atom is 0.453 e. The van der Waals surface area contributed by atoms with Gasteiger partial charge in [-0.05, 0) is 12.8 Å². The quantitative estimate of drug-likeness (QED) is 0.691. The number of hydrogen-bond acceptors (Lipinski definition) is 3. The van der Waals surface area contributed by atoms with E-state index in [4.69, 9.17) is 5.73 Å². The summed E-state index contributed by atoms with van der Waals surface area (Å²) in [6.45, 7) is 0. The Bertz CT molecular complexity index is 343. The van der Waals surface area contributed by atoms with Gasteiger partial charge in [0.2, 0.25) is 0 Å². The minimum absolute atomic E-state index is 0.330. The van der Waals surface area contributed by atoms with Gasteiger partial charge in [0.25, 0.3) is 5.82 Å². The third-order valence-corrected chi connectivity index (χ3v) is 2.17. The van der Waals surface area contributed by atoms with Crippen LogP contribution in [0.5, 0.6) is 0 Å². The molecule has 1 aliphatic rings. The molecule has 1 unspecified atom stereocenters. The van der Waals surface area contributed by atoms with Gasteiger partial charge in [0.15, 0.2) is 0 Å². The van der Waals surface area contributed by atoms with E-state index in [9.17, 15) is 13.2 Å². The zero-order valence-corrected chi connectivity index (χ0v) is 7.25. The molecular weight excluding hydrogens is 197 g/mol. The fourth-order valence-corrected chi connectivity index (χ4v) is 1.50. The van der Waals surface area contributed by atoms with Crippen molar-refractivity contribution in [2.45, 2.75) is 31.6 Å². The molecule has 0 aromatic carbocycles. The van der Waals surface area contributed by atoms with Crippen LogP contribution in [0.1, 0.15) is 30.7 Å². The van der Waals surface area contributed by atoms with E-state index in [-0.39, 0.29) is 0 Å². The monoisotopic (exact) mass is 206 g/mol. The molecule has 0 bridgehead atoms. The minimum Gasteiger partial charge on any atom is -0.310 e. The molecule has 0 aliphatic carbocycles. The van der Waals surface area contributed by atoms with Crippen LogP contribution in [-0.4, -0.2) is 14.8 Å². The molecular formula is C7H9F3N4. The molecule has 0 saturated heterocycles. The summed E-state index contributed by atoms with van der Waals surface area (Å²) < 4.78 is 37.8. The number of hydrogen-bond donors (Lipinski definition) is 1. The lowest BCUT2D eigenvalue weighted by Crippen LogP contribution is -2.26. The van der Waals surface area contributed by atoms with Crippen LogP contribution < -0.4 is 5.73 Å². The van der Waals surface area contributed by atoms with E-state index in [2.05, 4.69) is 10.1 Å². The fourth-order valence-electron chi connectivity index (χ4n) is 1.50. The lowest BCUT2D eigenvalue weighted by atomic mass is 10.1. The van der Waals surface area contributed by atoms with Gasteiger partial charge in [0.05, 0.1) is 0 Å². The molecule has 0 saturated carbocycles. The van der Waals surface area contributed by atoms with Crippen molar-refractivity contribution in [1.29, 1.82) is 0 Å². The summed E-state index contributed by atoms with van der Waals surface area (Å²) in [4.78, 5) is 3.42. The van der Waals surface area contributed by atoms with E-state index >= 15 is 0 Å². The molecule has 0 radical (unpaired) electrons. The van der Waals surface area contributed by atoms with Crippen LogP contribution in [-0.2, 0) is 12.6 Å². The molecule has 0 fully saturated rings. The zero-order chi connectivity index (χ0) is 10.3. The van der Waals surface area contributed by atoms with E-state index in [0.29, 0.717) is 18.7 Å². The average Bonchev–Trinajstić information content (AvgIpc) is 2.48. The van der Waals surface area contributed by atoms with Crippen LogP contribution in [0, 0.1) is 0 Å². The summed E-state index contributed by atoms with van der Waals surface area (Å²) in [6, 6.07) is 0. The highest BCUT2D eigenvalue weighted by molar-refractivity contribution is 5.00. The van der Waals surface area contributed by atoms with Crippen molar-refractivity contribution in [3.05, 3.63) is 11.6 Å². The third kappa shape index (κ3) is 1.47. The van der Waals surface area contributed by atoms with Gasteiger partial charge < -0.3 is 5.73 Å². The van der Waals surface area contributed by atoms with E-state index in [1.807, 2.05) is 0 Å². The molecule has 7 heteroatoms. The number of fused-ring (bicyclic) bond motifs is 1. The van der Waals surface area contributed by atoms with Gasteiger partial charge >= 0.3 is 6.18 Å². The third-order valence-electron chi connectivity index (χ3n) is 2.17. The van der Waals surface area contributed by atoms with Crippen molar-refractivity contribution >= 4 is 0 Å². The topological polar surface area (TPSA) is 56.7 Å². The van der Waals surface area contributed by atoms with Gasteiger partial charge in [-0.1, -0.05) is 0 Å². The first-order valence-corrected chi connectivity index (χ1v) is 4.26. The van der Waals surface area contributed by atoms with Gasteiger partial charge in [-0.2, -0.15) is 13.2 Å². The number of rotatable bonds is 0. The van der Waals surface area contributed by atoms with Crippen molar-refractivity contribution in [3.8, 4) is 0 Å². The van der Waals surface area contributed by atoms with Gasteiger partial charge in [-0.15, -0.1) is 5.10 Å². The van der Waals surface area contributed by atoms with Crippen LogP contribution in [0.4, 0.5) is 13.2 Å². The molecule has 2 rings (SSSR count). The predicted octanol–water partition coefficient (Wildman–Crippen LogP) is 1.09. The van der Waals surface area contributed by atoms with E-state index in [1.54, 1.807) is 0 Å². The first-order valence-electron chi connectivity index (χ1n) is 4.26. The number of aromatic nitrogens is 3. The van der Waals surface area contributed by atoms with Crippen molar-refractivity contribution in [2.24, 2.45) is 5.73 Å². The molecule has 1 aromatic rings. The Labute approximate surface area is 77.9 Å². The fraction of sp³-hybridized carbons (Fsp3) is 0.714. The Kier molecular flexibility index (Phi) is 1.99. The largest absolute Gasteiger partial charge is 0.453 e. The summed E-state index contributed by atoms with van der Waals surface area (Å²) in [6.07, 6.45) is -3.03. The van der Waals surface area contributed by atoms with Gasteiger partial charge in [-0.25, -0.2) is 9.67 Å². The van der Waals surface area contributed by atoms with E-state index in [0.717, 1.165) is 6.42 Å². The number of nitrogens with two attached hydrogens (primary N) is 1. The molecule has 0 amide bonds. The van der Waals surface area contributed by atoms with Gasteiger partial charge in [-0.3, -0.25) is 0 Å². The second-order valence-corrected chi connectivity index (χ2v) is 3.25. The summed E-state index contributed by atoms with van der Waals surface area (Å²) in [5.74, 6) is -0.763. The Hall–Kier alpha value is -1.11. The summed E-state index contributed by atoms with van der Waals surface area (Å²) >= 11 is 0. The van der Waals surface area contributed by atoms with Crippen LogP contribution >= 0.6 is 0 Å². The molecule has 1 aromatic heterocycles. The zero-order valence-electron chi connectivity index (χ0n) is 7.25. The Morgan fingerprint density at radius 3 is 2.71 bits per heavy atom. The maximum absolute atomic E-state index is 12.2. The SMILES string of the molecule is NC1CCCc2nc(C(F)(F)F)nn21. The standard InChI is InChI=1S/C7H9F3N4/c8-7(9,10)6-12-5-3-1-2-4(11)14(5)13-6/h4H,1-3,11H2. The highest BCUT2D eigenvalue weighted by Crippen LogP contribution is 2.28. The lowest BCUT2D eigenvalue weighted by Gasteiger charge is -2.18. The normalized spacial score (nSPS) is 22.1. The highest BCUT2D eigenvalue weighted by atomic mass is 19.4. The van der Waals surface area contributed by atoms with E-state index < -0.39 is 18.2 Å². The summed E-state index contributed by atoms with van der Waals surface area (Å²) in [7, 11) is 0. The van der Waals surface area contributed by atoms with Crippen LogP contribution in [0.15, 0.2) is 0 Å². The summed E-state index contributed by atoms with van der Waals surface area (Å²) in [5, 5.41) is 3.36. The molecule has 4 nitrogen and oxygen atoms in total. The second kappa shape index (κ2) is 2.94. The molecule has 0 spiro atoms. The molecule has 78 valence electrons. The summed E-state index contributed by atoms with van der Waals surface area (Å²) in [5.41, 5.74) is 5.60. The molecule has 1 atom stereocenters. The average molecular weight is 206 g/mol. The Morgan fingerprint density at radius 1 is 1.43 bits per heavy atom. The van der Waals surface area contributed by atoms with Gasteiger partial charge in [0.1, 0.15) is 12.0 Å². The molecule has 1 aliphatic heterocycles. The molecule has 2 heterocycles. The first kappa shape index (κ1) is 9.45. The Balaban J connectivity index is 2.40. The van der Waals surface area contributed by atoms with E-state index in [1.165, 1.54) is 4.68 Å². The number of nitrogens with zero attached hydrogens (tertiary/aromatic N) is 3. The first-order chi connectivity index (χ1) is 6.48. The second-order valence-electron chi connectivity index (χ2n) is 3.25. The minimum atomic E-state index is -4.48. The van der Waals surface area contributed by atoms with Crippen LogP contribution in [0.3, 0.4) is 0 Å². The predicted molar refractivity (Wildman–Crippen MR) is 41.2 cm³/mol. The number of aryl methyl sites for hydroxylation is 1. The van der Waals surface area contributed by atoms with Gasteiger partial charge in [0, 0.05) is 6.42 Å². The maximum atomic E-state index is 12.2. The van der Waals surface area contributed by atoms with Crippen molar-refractivity contribution in [1.82, 2.24) is 14.8 Å². The number of alkyl halides is 3. The smallest absolute Gasteiger partial charge is 0.310 e. The van der Waals surface area contributed by atoms with Crippen LogP contribution in [0.2, 0.25) is 0 Å². The highest BCUT2D eigenvalue weighted by Gasteiger charge is 2.38. The molecule has 2 N–H and O–H groups in total.